The topological polar surface area (TPSA) is 112 Å². The molecule has 0 saturated carbocycles. The first-order valence-electron chi connectivity index (χ1n) is 10.9. The van der Waals surface area contributed by atoms with E-state index in [1.807, 2.05) is 4.90 Å². The average Bonchev–Trinajstić information content (AvgIpc) is 3.21. The highest BCUT2D eigenvalue weighted by molar-refractivity contribution is 5.78. The Morgan fingerprint density at radius 3 is 2.59 bits per heavy atom. The first-order valence-corrected chi connectivity index (χ1v) is 10.9. The molecule has 13 heteroatoms. The van der Waals surface area contributed by atoms with E-state index in [0.29, 0.717) is 18.9 Å². The van der Waals surface area contributed by atoms with Gasteiger partial charge >= 0.3 is 18.2 Å². The van der Waals surface area contributed by atoms with Crippen LogP contribution in [0, 0.1) is 16.0 Å². The van der Waals surface area contributed by atoms with E-state index in [9.17, 15) is 28.1 Å². The predicted octanol–water partition coefficient (Wildman–Crippen LogP) is 3.04. The monoisotopic (exact) mass is 483 g/mol. The summed E-state index contributed by atoms with van der Waals surface area (Å²) in [7, 11) is 0. The molecule has 0 spiro atoms. The Morgan fingerprint density at radius 1 is 1.24 bits per heavy atom. The Balaban J connectivity index is 1.22. The maximum atomic E-state index is 12.6. The van der Waals surface area contributed by atoms with Crippen LogP contribution in [-0.4, -0.2) is 57.9 Å². The van der Waals surface area contributed by atoms with Gasteiger partial charge in [0.25, 0.3) is 0 Å². The molecule has 10 nitrogen and oxygen atoms in total. The van der Waals surface area contributed by atoms with Crippen molar-refractivity contribution in [1.82, 2.24) is 19.8 Å². The fourth-order valence-electron chi connectivity index (χ4n) is 4.27. The Hall–Kier alpha value is -3.35. The highest BCUT2D eigenvalue weighted by Gasteiger charge is 2.32. The summed E-state index contributed by atoms with van der Waals surface area (Å²) in [4.78, 5) is 28.8. The van der Waals surface area contributed by atoms with E-state index in [2.05, 4.69) is 15.0 Å². The second-order valence-electron chi connectivity index (χ2n) is 8.38. The van der Waals surface area contributed by atoms with Crippen LogP contribution in [0.25, 0.3) is 0 Å². The van der Waals surface area contributed by atoms with Crippen LogP contribution in [0.3, 0.4) is 0 Å². The predicted molar refractivity (Wildman–Crippen MR) is 112 cm³/mol. The van der Waals surface area contributed by atoms with Crippen molar-refractivity contribution in [1.29, 1.82) is 0 Å². The van der Waals surface area contributed by atoms with Gasteiger partial charge < -0.3 is 24.9 Å². The van der Waals surface area contributed by atoms with Gasteiger partial charge in [-0.15, -0.1) is 13.2 Å². The van der Waals surface area contributed by atoms with Gasteiger partial charge in [0.15, 0.2) is 0 Å². The van der Waals surface area contributed by atoms with Crippen molar-refractivity contribution >= 4 is 11.7 Å². The number of hydrogen-bond donors (Lipinski definition) is 1. The van der Waals surface area contributed by atoms with Gasteiger partial charge in [-0.25, -0.2) is 0 Å². The van der Waals surface area contributed by atoms with E-state index < -0.39 is 17.5 Å². The van der Waals surface area contributed by atoms with Gasteiger partial charge in [0.2, 0.25) is 5.91 Å². The van der Waals surface area contributed by atoms with Crippen LogP contribution in [0.1, 0.15) is 31.0 Å². The van der Waals surface area contributed by atoms with E-state index in [4.69, 9.17) is 4.74 Å². The molecule has 1 aromatic carbocycles. The number of nitrogens with zero attached hydrogens (tertiary/aromatic N) is 4. The van der Waals surface area contributed by atoms with E-state index in [0.717, 1.165) is 37.9 Å². The summed E-state index contributed by atoms with van der Waals surface area (Å²) in [6.45, 7) is 1.96. The number of hydrogen-bond acceptors (Lipinski definition) is 7. The fraction of sp³-hybridized carbons (Fsp3) is 0.524. The maximum Gasteiger partial charge on any atom is 0.573 e. The van der Waals surface area contributed by atoms with Gasteiger partial charge in [0, 0.05) is 11.4 Å². The first kappa shape index (κ1) is 23.8. The molecule has 1 aromatic heterocycles. The quantitative estimate of drug-likeness (QED) is 0.476. The van der Waals surface area contributed by atoms with Crippen molar-refractivity contribution in [2.24, 2.45) is 5.92 Å². The van der Waals surface area contributed by atoms with Crippen molar-refractivity contribution < 1.29 is 32.4 Å². The van der Waals surface area contributed by atoms with Gasteiger partial charge in [0.1, 0.15) is 18.1 Å². The number of nitrogens with one attached hydrogen (secondary N) is 1. The number of halogens is 3. The number of carbonyl (C=O) groups is 1. The molecule has 1 fully saturated rings. The Kier molecular flexibility index (Phi) is 6.91. The molecule has 0 radical (unpaired) electrons. The molecule has 0 unspecified atom stereocenters. The Labute approximate surface area is 192 Å². The minimum atomic E-state index is -4.70. The van der Waals surface area contributed by atoms with Gasteiger partial charge in [-0.2, -0.15) is 0 Å². The molecule has 0 aliphatic carbocycles. The number of benzene rings is 1. The number of fused-ring (bicyclic) bond motifs is 1. The van der Waals surface area contributed by atoms with Gasteiger partial charge in [-0.1, -0.05) is 12.1 Å². The Bertz CT molecular complexity index is 1020. The molecule has 2 aromatic rings. The van der Waals surface area contributed by atoms with Crippen molar-refractivity contribution in [3.63, 3.8) is 0 Å². The number of piperidine rings is 1. The highest BCUT2D eigenvalue weighted by atomic mass is 19.4. The lowest BCUT2D eigenvalue weighted by Crippen LogP contribution is -2.44. The van der Waals surface area contributed by atoms with Gasteiger partial charge in [-0.3, -0.25) is 14.3 Å². The lowest BCUT2D eigenvalue weighted by atomic mass is 9.90. The molecule has 1 atom stereocenters. The lowest BCUT2D eigenvalue weighted by Gasteiger charge is -2.32. The van der Waals surface area contributed by atoms with Crippen molar-refractivity contribution in [3.05, 3.63) is 46.1 Å². The average molecular weight is 483 g/mol. The van der Waals surface area contributed by atoms with E-state index >= 15 is 0 Å². The third-order valence-corrected chi connectivity index (χ3v) is 5.91. The van der Waals surface area contributed by atoms with Crippen LogP contribution >= 0.6 is 0 Å². The van der Waals surface area contributed by atoms with Gasteiger partial charge in [0.05, 0.1) is 13.2 Å². The number of likely N-dealkylation sites (tertiary alicyclic amines) is 1. The second kappa shape index (κ2) is 9.87. The van der Waals surface area contributed by atoms with Crippen LogP contribution < -0.4 is 14.8 Å². The molecular formula is C21H24F3N5O5. The summed E-state index contributed by atoms with van der Waals surface area (Å²) in [5, 5.41) is 13.8. The number of aromatic nitrogens is 2. The molecule has 0 bridgehead atoms. The summed E-state index contributed by atoms with van der Waals surface area (Å²) in [5.74, 6) is -0.383. The number of nitro groups is 1. The summed E-state index contributed by atoms with van der Waals surface area (Å²) >= 11 is 0. The normalized spacial score (nSPS) is 19.2. The third kappa shape index (κ3) is 6.16. The number of alkyl halides is 3. The second-order valence-corrected chi connectivity index (χ2v) is 8.38. The summed E-state index contributed by atoms with van der Waals surface area (Å²) in [6.07, 6.45) is -0.958. The molecule has 34 heavy (non-hydrogen) atoms. The molecule has 1 N–H and O–H groups in total. The van der Waals surface area contributed by atoms with Crippen LogP contribution in [0.4, 0.5) is 19.0 Å². The molecule has 184 valence electrons. The SMILES string of the molecule is O=C(CN1CCC(Cc2ccc(OC(F)(F)F)cc2)CC1)N[C@@H]1CCOc2nc([N+](=O)[O-])cn21. The summed E-state index contributed by atoms with van der Waals surface area (Å²) in [5.41, 5.74) is 0.940. The van der Waals surface area contributed by atoms with Crippen LogP contribution in [0.15, 0.2) is 30.5 Å². The smallest absolute Gasteiger partial charge is 0.446 e. The van der Waals surface area contributed by atoms with E-state index in [1.54, 1.807) is 12.1 Å². The highest BCUT2D eigenvalue weighted by Crippen LogP contribution is 2.28. The Morgan fingerprint density at radius 2 is 1.94 bits per heavy atom. The molecule has 1 saturated heterocycles. The first-order chi connectivity index (χ1) is 16.2. The number of amides is 1. The van der Waals surface area contributed by atoms with E-state index in [1.165, 1.54) is 22.9 Å². The number of ether oxygens (including phenoxy) is 2. The summed E-state index contributed by atoms with van der Waals surface area (Å²) < 4.78 is 47.5. The zero-order chi connectivity index (χ0) is 24.3. The van der Waals surface area contributed by atoms with Crippen molar-refractivity contribution in [2.45, 2.75) is 38.2 Å². The van der Waals surface area contributed by atoms with E-state index in [-0.39, 0.29) is 30.0 Å². The fourth-order valence-corrected chi connectivity index (χ4v) is 4.27. The minimum absolute atomic E-state index is 0.113. The molecular weight excluding hydrogens is 459 g/mol. The van der Waals surface area contributed by atoms with Crippen LogP contribution in [0.2, 0.25) is 0 Å². The summed E-state index contributed by atoms with van der Waals surface area (Å²) in [6, 6.07) is 6.03. The number of carbonyl (C=O) groups excluding carboxylic acids is 1. The number of imidazole rings is 1. The standard InChI is InChI=1S/C21H24F3N5O5/c22-21(23,24)34-16-3-1-14(2-4-16)11-15-5-8-27(9-6-15)13-19(30)25-17-7-10-33-20-26-18(29(31)32)12-28(17)20/h1-4,12,15,17H,5-11,13H2,(H,25,30)/t17-/m0/s1. The largest absolute Gasteiger partial charge is 0.573 e. The van der Waals surface area contributed by atoms with Crippen molar-refractivity contribution in [3.8, 4) is 11.8 Å². The van der Waals surface area contributed by atoms with Gasteiger partial charge in [-0.05, 0) is 60.9 Å². The number of rotatable bonds is 7. The maximum absolute atomic E-state index is 12.6. The lowest BCUT2D eigenvalue weighted by molar-refractivity contribution is -0.389. The van der Waals surface area contributed by atoms with Crippen LogP contribution in [-0.2, 0) is 11.2 Å². The minimum Gasteiger partial charge on any atom is -0.446 e. The molecule has 2 aliphatic rings. The molecule has 2 aliphatic heterocycles. The van der Waals surface area contributed by atoms with Crippen molar-refractivity contribution in [2.75, 3.05) is 26.2 Å². The zero-order valence-electron chi connectivity index (χ0n) is 18.2. The third-order valence-electron chi connectivity index (χ3n) is 5.91. The van der Waals surface area contributed by atoms with Crippen LogP contribution in [0.5, 0.6) is 11.8 Å². The molecule has 4 rings (SSSR count). The molecule has 1 amide bonds. The molecule has 3 heterocycles. The zero-order valence-corrected chi connectivity index (χ0v) is 18.2.